The van der Waals surface area contributed by atoms with E-state index in [9.17, 15) is 8.42 Å². The van der Waals surface area contributed by atoms with Crippen LogP contribution in [0, 0.1) is 18.3 Å². The summed E-state index contributed by atoms with van der Waals surface area (Å²) >= 11 is 0. The first-order valence-electron chi connectivity index (χ1n) is 5.68. The molecule has 0 aliphatic heterocycles. The highest BCUT2D eigenvalue weighted by atomic mass is 32.2. The molecule has 0 fully saturated rings. The van der Waals surface area contributed by atoms with Crippen LogP contribution in [0.4, 0.5) is 11.4 Å². The fourth-order valence-electron chi connectivity index (χ4n) is 1.69. The Hall–Kier alpha value is -2.59. The number of aryl methyl sites for hydroxylation is 1. The fourth-order valence-corrected chi connectivity index (χ4v) is 2.93. The third-order valence-electron chi connectivity index (χ3n) is 2.66. The molecule has 0 saturated heterocycles. The maximum atomic E-state index is 12.3. The van der Waals surface area contributed by atoms with Crippen LogP contribution in [0.25, 0.3) is 0 Å². The monoisotopic (exact) mass is 288 g/mol. The molecule has 2 aromatic rings. The molecule has 0 aliphatic rings. The number of sulfonamides is 1. The van der Waals surface area contributed by atoms with Crippen molar-refractivity contribution in [2.24, 2.45) is 0 Å². The van der Waals surface area contributed by atoms with E-state index in [1.54, 1.807) is 31.2 Å². The first kappa shape index (κ1) is 13.8. The van der Waals surface area contributed by atoms with Crippen molar-refractivity contribution in [1.82, 2.24) is 4.98 Å². The van der Waals surface area contributed by atoms with E-state index >= 15 is 0 Å². The molecular weight excluding hydrogens is 276 g/mol. The summed E-state index contributed by atoms with van der Waals surface area (Å²) in [7, 11) is -3.87. The number of rotatable bonds is 3. The topological polar surface area (TPSA) is 109 Å². The summed E-state index contributed by atoms with van der Waals surface area (Å²) in [6.07, 6.45) is 1.37. The van der Waals surface area contributed by atoms with Crippen LogP contribution < -0.4 is 10.5 Å². The molecule has 0 atom stereocenters. The Bertz CT molecular complexity index is 794. The predicted octanol–water partition coefficient (Wildman–Crippen LogP) is 1.64. The molecule has 0 aliphatic carbocycles. The van der Waals surface area contributed by atoms with Crippen molar-refractivity contribution >= 4 is 21.4 Å². The molecule has 3 N–H and O–H groups in total. The van der Waals surface area contributed by atoms with E-state index < -0.39 is 10.0 Å². The number of pyridine rings is 1. The number of nitrogen functional groups attached to an aromatic ring is 1. The van der Waals surface area contributed by atoms with E-state index in [1.807, 2.05) is 0 Å². The number of nitrogens with zero attached hydrogens (tertiary/aromatic N) is 2. The molecule has 102 valence electrons. The summed E-state index contributed by atoms with van der Waals surface area (Å²) in [5.74, 6) is 0. The van der Waals surface area contributed by atoms with E-state index in [4.69, 9.17) is 11.0 Å². The van der Waals surface area contributed by atoms with Gasteiger partial charge in [0.2, 0.25) is 0 Å². The zero-order valence-corrected chi connectivity index (χ0v) is 11.5. The van der Waals surface area contributed by atoms with Crippen molar-refractivity contribution in [3.8, 4) is 6.07 Å². The molecule has 0 amide bonds. The molecule has 0 saturated carbocycles. The largest absolute Gasteiger partial charge is 0.399 e. The van der Waals surface area contributed by atoms with Gasteiger partial charge in [0.25, 0.3) is 10.0 Å². The Morgan fingerprint density at radius 1 is 1.35 bits per heavy atom. The van der Waals surface area contributed by atoms with Crippen LogP contribution in [-0.4, -0.2) is 13.4 Å². The van der Waals surface area contributed by atoms with E-state index in [-0.39, 0.29) is 10.6 Å². The maximum Gasteiger partial charge on any atom is 0.264 e. The first-order chi connectivity index (χ1) is 9.44. The summed E-state index contributed by atoms with van der Waals surface area (Å²) < 4.78 is 27.0. The molecule has 7 heteroatoms. The van der Waals surface area contributed by atoms with E-state index in [2.05, 4.69) is 9.71 Å². The van der Waals surface area contributed by atoms with E-state index in [0.717, 1.165) is 0 Å². The molecule has 0 unspecified atom stereocenters. The van der Waals surface area contributed by atoms with Gasteiger partial charge in [-0.3, -0.25) is 4.72 Å². The minimum Gasteiger partial charge on any atom is -0.399 e. The van der Waals surface area contributed by atoms with Crippen molar-refractivity contribution in [2.45, 2.75) is 11.8 Å². The predicted molar refractivity (Wildman–Crippen MR) is 75.4 cm³/mol. The van der Waals surface area contributed by atoms with Crippen molar-refractivity contribution in [3.63, 3.8) is 0 Å². The molecule has 20 heavy (non-hydrogen) atoms. The molecule has 0 radical (unpaired) electrons. The summed E-state index contributed by atoms with van der Waals surface area (Å²) in [6.45, 7) is 1.74. The molecule has 1 aromatic carbocycles. The molecule has 2 rings (SSSR count). The lowest BCUT2D eigenvalue weighted by molar-refractivity contribution is 0.600. The number of nitrogens with two attached hydrogens (primary N) is 1. The standard InChI is InChI=1S/C13H12N4O2S/c1-9-7-10(15)4-5-11(9)17-20(18,19)13-3-2-6-16-12(13)8-14/h2-7,17H,15H2,1H3. The lowest BCUT2D eigenvalue weighted by atomic mass is 10.2. The van der Waals surface area contributed by atoms with Gasteiger partial charge in [-0.1, -0.05) is 0 Å². The molecule has 0 spiro atoms. The van der Waals surface area contributed by atoms with Crippen molar-refractivity contribution in [3.05, 3.63) is 47.8 Å². The Balaban J connectivity index is 2.44. The molecule has 1 heterocycles. The second-order valence-electron chi connectivity index (χ2n) is 4.14. The van der Waals surface area contributed by atoms with Gasteiger partial charge in [-0.25, -0.2) is 13.4 Å². The van der Waals surface area contributed by atoms with Gasteiger partial charge in [-0.05, 0) is 42.8 Å². The van der Waals surface area contributed by atoms with Gasteiger partial charge in [0.05, 0.1) is 5.69 Å². The molecule has 0 bridgehead atoms. The van der Waals surface area contributed by atoms with Crippen LogP contribution in [0.5, 0.6) is 0 Å². The SMILES string of the molecule is Cc1cc(N)ccc1NS(=O)(=O)c1cccnc1C#N. The van der Waals surface area contributed by atoms with Gasteiger partial charge >= 0.3 is 0 Å². The average molecular weight is 288 g/mol. The zero-order chi connectivity index (χ0) is 14.8. The lowest BCUT2D eigenvalue weighted by Gasteiger charge is -2.11. The highest BCUT2D eigenvalue weighted by Crippen LogP contribution is 2.22. The molecular formula is C13H12N4O2S. The number of hydrogen-bond acceptors (Lipinski definition) is 5. The Morgan fingerprint density at radius 2 is 2.10 bits per heavy atom. The highest BCUT2D eigenvalue weighted by molar-refractivity contribution is 7.92. The lowest BCUT2D eigenvalue weighted by Crippen LogP contribution is -2.15. The molecule has 1 aromatic heterocycles. The Labute approximate surface area is 116 Å². The quantitative estimate of drug-likeness (QED) is 0.834. The van der Waals surface area contributed by atoms with Gasteiger partial charge < -0.3 is 5.73 Å². The van der Waals surface area contributed by atoms with Crippen molar-refractivity contribution in [2.75, 3.05) is 10.5 Å². The second kappa shape index (κ2) is 5.19. The van der Waals surface area contributed by atoms with Crippen molar-refractivity contribution in [1.29, 1.82) is 5.26 Å². The van der Waals surface area contributed by atoms with Crippen LogP contribution in [0.2, 0.25) is 0 Å². The van der Waals surface area contributed by atoms with Gasteiger partial charge in [-0.15, -0.1) is 0 Å². The fraction of sp³-hybridized carbons (Fsp3) is 0.0769. The average Bonchev–Trinajstić information content (AvgIpc) is 2.42. The summed E-state index contributed by atoms with van der Waals surface area (Å²) in [4.78, 5) is 3.59. The number of aromatic nitrogens is 1. The van der Waals surface area contributed by atoms with Crippen LogP contribution in [0.15, 0.2) is 41.4 Å². The van der Waals surface area contributed by atoms with Gasteiger partial charge in [-0.2, -0.15) is 5.26 Å². The maximum absolute atomic E-state index is 12.3. The zero-order valence-electron chi connectivity index (χ0n) is 10.7. The summed E-state index contributed by atoms with van der Waals surface area (Å²) in [5.41, 5.74) is 7.12. The van der Waals surface area contributed by atoms with Crippen molar-refractivity contribution < 1.29 is 8.42 Å². The van der Waals surface area contributed by atoms with Crippen LogP contribution in [-0.2, 0) is 10.0 Å². The number of hydrogen-bond donors (Lipinski definition) is 2. The minimum absolute atomic E-state index is 0.145. The van der Waals surface area contributed by atoms with Gasteiger partial charge in [0.1, 0.15) is 11.0 Å². The number of anilines is 2. The number of nitrogens with one attached hydrogen (secondary N) is 1. The number of benzene rings is 1. The summed E-state index contributed by atoms with van der Waals surface area (Å²) in [6, 6.07) is 9.39. The Kier molecular flexibility index (Phi) is 3.59. The van der Waals surface area contributed by atoms with Gasteiger partial charge in [0.15, 0.2) is 5.69 Å². The second-order valence-corrected chi connectivity index (χ2v) is 5.79. The Morgan fingerprint density at radius 3 is 2.75 bits per heavy atom. The number of nitriles is 1. The summed E-state index contributed by atoms with van der Waals surface area (Å²) in [5, 5.41) is 8.92. The van der Waals surface area contributed by atoms with Crippen LogP contribution in [0.3, 0.4) is 0 Å². The highest BCUT2D eigenvalue weighted by Gasteiger charge is 2.20. The van der Waals surface area contributed by atoms with E-state index in [1.165, 1.54) is 18.3 Å². The van der Waals surface area contributed by atoms with E-state index in [0.29, 0.717) is 16.9 Å². The normalized spacial score (nSPS) is 10.8. The van der Waals surface area contributed by atoms with Crippen LogP contribution >= 0.6 is 0 Å². The minimum atomic E-state index is -3.87. The third-order valence-corrected chi connectivity index (χ3v) is 4.06. The first-order valence-corrected chi connectivity index (χ1v) is 7.16. The third kappa shape index (κ3) is 2.70. The molecule has 6 nitrogen and oxygen atoms in total. The smallest absolute Gasteiger partial charge is 0.264 e. The van der Waals surface area contributed by atoms with Crippen LogP contribution in [0.1, 0.15) is 11.3 Å². The van der Waals surface area contributed by atoms with Gasteiger partial charge in [0, 0.05) is 11.9 Å².